The van der Waals surface area contributed by atoms with Crippen LogP contribution in [0.25, 0.3) is 0 Å². The molecule has 0 aliphatic rings. The normalized spacial score (nSPS) is 11.7. The standard InChI is InChI=1S/C10H15ClS/c1-4-5-6-7-8-12-10(3)9(2)11/h4-6H2,1-3H3/b10-9+. The molecule has 0 N–H and O–H groups in total. The first-order chi connectivity index (χ1) is 5.68. The van der Waals surface area contributed by atoms with E-state index in [1.807, 2.05) is 13.8 Å². The van der Waals surface area contributed by atoms with Crippen molar-refractivity contribution in [2.75, 3.05) is 0 Å². The van der Waals surface area contributed by atoms with Crippen molar-refractivity contribution in [1.82, 2.24) is 0 Å². The second-order valence-electron chi connectivity index (χ2n) is 2.57. The van der Waals surface area contributed by atoms with Crippen LogP contribution < -0.4 is 0 Å². The zero-order chi connectivity index (χ0) is 9.40. The van der Waals surface area contributed by atoms with Gasteiger partial charge in [-0.2, -0.15) is 0 Å². The van der Waals surface area contributed by atoms with Crippen LogP contribution in [0.15, 0.2) is 9.94 Å². The minimum Gasteiger partial charge on any atom is -0.0909 e. The van der Waals surface area contributed by atoms with E-state index >= 15 is 0 Å². The number of allylic oxidation sites excluding steroid dienone is 2. The summed E-state index contributed by atoms with van der Waals surface area (Å²) in [6, 6.07) is 0. The highest BCUT2D eigenvalue weighted by Crippen LogP contribution is 2.19. The number of unbranched alkanes of at least 4 members (excludes halogenated alkanes) is 2. The van der Waals surface area contributed by atoms with E-state index in [0.717, 1.165) is 16.4 Å². The van der Waals surface area contributed by atoms with Crippen molar-refractivity contribution in [1.29, 1.82) is 0 Å². The van der Waals surface area contributed by atoms with Crippen LogP contribution in [0, 0.1) is 11.2 Å². The molecule has 0 saturated heterocycles. The number of thioether (sulfide) groups is 1. The molecule has 0 aliphatic carbocycles. The summed E-state index contributed by atoms with van der Waals surface area (Å²) in [6.07, 6.45) is 3.40. The van der Waals surface area contributed by atoms with Crippen molar-refractivity contribution in [3.8, 4) is 11.2 Å². The van der Waals surface area contributed by atoms with E-state index in [2.05, 4.69) is 18.1 Å². The monoisotopic (exact) mass is 202 g/mol. The van der Waals surface area contributed by atoms with Gasteiger partial charge in [-0.25, -0.2) is 0 Å². The average molecular weight is 203 g/mol. The molecule has 0 unspecified atom stereocenters. The van der Waals surface area contributed by atoms with Crippen molar-refractivity contribution in [2.45, 2.75) is 40.0 Å². The van der Waals surface area contributed by atoms with Crippen molar-refractivity contribution >= 4 is 23.4 Å². The first-order valence-corrected chi connectivity index (χ1v) is 5.35. The minimum atomic E-state index is 0.838. The molecule has 68 valence electrons. The fourth-order valence-electron chi connectivity index (χ4n) is 0.499. The van der Waals surface area contributed by atoms with Crippen LogP contribution in [0.1, 0.15) is 40.0 Å². The lowest BCUT2D eigenvalue weighted by molar-refractivity contribution is 0.828. The molecule has 0 saturated carbocycles. The van der Waals surface area contributed by atoms with Gasteiger partial charge in [0.05, 0.1) is 0 Å². The molecule has 0 atom stereocenters. The summed E-state index contributed by atoms with van der Waals surface area (Å²) in [4.78, 5) is 1.10. The maximum absolute atomic E-state index is 5.76. The predicted molar refractivity (Wildman–Crippen MR) is 59.1 cm³/mol. The van der Waals surface area contributed by atoms with Gasteiger partial charge in [-0.15, -0.1) is 0 Å². The summed E-state index contributed by atoms with van der Waals surface area (Å²) in [5.74, 6) is 3.09. The molecule has 12 heavy (non-hydrogen) atoms. The lowest BCUT2D eigenvalue weighted by Gasteiger charge is -1.92. The summed E-state index contributed by atoms with van der Waals surface area (Å²) < 4.78 is 0. The minimum absolute atomic E-state index is 0.838. The Morgan fingerprint density at radius 3 is 2.58 bits per heavy atom. The van der Waals surface area contributed by atoms with Gasteiger partial charge < -0.3 is 0 Å². The van der Waals surface area contributed by atoms with E-state index in [4.69, 9.17) is 11.6 Å². The summed E-state index contributed by atoms with van der Waals surface area (Å²) in [7, 11) is 0. The van der Waals surface area contributed by atoms with Crippen molar-refractivity contribution < 1.29 is 0 Å². The highest BCUT2D eigenvalue weighted by atomic mass is 35.5. The van der Waals surface area contributed by atoms with Crippen LogP contribution in [0.5, 0.6) is 0 Å². The predicted octanol–water partition coefficient (Wildman–Crippen LogP) is 4.36. The van der Waals surface area contributed by atoms with E-state index in [-0.39, 0.29) is 0 Å². The first-order valence-electron chi connectivity index (χ1n) is 4.16. The molecule has 0 amide bonds. The van der Waals surface area contributed by atoms with Crippen molar-refractivity contribution in [2.24, 2.45) is 0 Å². The quantitative estimate of drug-likeness (QED) is 0.484. The van der Waals surface area contributed by atoms with Crippen LogP contribution >= 0.6 is 23.4 Å². The Morgan fingerprint density at radius 2 is 2.08 bits per heavy atom. The molecule has 0 rings (SSSR count). The first kappa shape index (κ1) is 11.9. The molecule has 0 bridgehead atoms. The van der Waals surface area contributed by atoms with E-state index in [9.17, 15) is 0 Å². The van der Waals surface area contributed by atoms with Crippen LogP contribution in [-0.4, -0.2) is 0 Å². The van der Waals surface area contributed by atoms with Crippen LogP contribution in [0.4, 0.5) is 0 Å². The Hall–Kier alpha value is -0.0600. The van der Waals surface area contributed by atoms with Crippen LogP contribution in [-0.2, 0) is 0 Å². The fraction of sp³-hybridized carbons (Fsp3) is 0.600. The summed E-state index contributed by atoms with van der Waals surface area (Å²) in [6.45, 7) is 6.04. The fourth-order valence-corrected chi connectivity index (χ4v) is 1.08. The lowest BCUT2D eigenvalue weighted by Crippen LogP contribution is -1.68. The zero-order valence-corrected chi connectivity index (χ0v) is 9.48. The van der Waals surface area contributed by atoms with Gasteiger partial charge in [0.1, 0.15) is 0 Å². The van der Waals surface area contributed by atoms with Crippen LogP contribution in [0.2, 0.25) is 0 Å². The molecule has 0 spiro atoms. The van der Waals surface area contributed by atoms with Gasteiger partial charge in [0, 0.05) is 16.4 Å². The van der Waals surface area contributed by atoms with Gasteiger partial charge in [0.2, 0.25) is 0 Å². The summed E-state index contributed by atoms with van der Waals surface area (Å²) in [5.41, 5.74) is 0. The second-order valence-corrected chi connectivity index (χ2v) is 4.16. The number of hydrogen-bond donors (Lipinski definition) is 0. The van der Waals surface area contributed by atoms with Crippen molar-refractivity contribution in [3.05, 3.63) is 9.94 Å². The maximum Gasteiger partial charge on any atom is 0.0251 e. The zero-order valence-electron chi connectivity index (χ0n) is 7.91. The highest BCUT2D eigenvalue weighted by molar-refractivity contribution is 8.07. The van der Waals surface area contributed by atoms with Gasteiger partial charge in [0.15, 0.2) is 0 Å². The Labute approximate surface area is 84.8 Å². The Morgan fingerprint density at radius 1 is 1.42 bits per heavy atom. The summed E-state index contributed by atoms with van der Waals surface area (Å²) >= 11 is 7.28. The maximum atomic E-state index is 5.76. The molecule has 0 radical (unpaired) electrons. The third-order valence-corrected chi connectivity index (χ3v) is 2.67. The van der Waals surface area contributed by atoms with Gasteiger partial charge in [-0.3, -0.25) is 0 Å². The molecular formula is C10H15ClS. The molecule has 2 heteroatoms. The van der Waals surface area contributed by atoms with E-state index < -0.39 is 0 Å². The molecule has 0 nitrogen and oxygen atoms in total. The molecule has 0 aromatic heterocycles. The molecule has 0 heterocycles. The van der Waals surface area contributed by atoms with Gasteiger partial charge in [-0.05, 0) is 37.3 Å². The highest BCUT2D eigenvalue weighted by Gasteiger charge is 1.90. The van der Waals surface area contributed by atoms with Crippen LogP contribution in [0.3, 0.4) is 0 Å². The largest absolute Gasteiger partial charge is 0.0909 e. The number of halogens is 1. The van der Waals surface area contributed by atoms with Gasteiger partial charge in [0.25, 0.3) is 0 Å². The molecule has 0 aromatic rings. The Bertz CT molecular complexity index is 204. The number of rotatable bonds is 3. The topological polar surface area (TPSA) is 0 Å². The summed E-state index contributed by atoms with van der Waals surface area (Å²) in [5, 5.41) is 3.86. The molecule has 0 aromatic carbocycles. The smallest absolute Gasteiger partial charge is 0.0251 e. The third kappa shape index (κ3) is 6.64. The average Bonchev–Trinajstić information content (AvgIpc) is 2.03. The van der Waals surface area contributed by atoms with Gasteiger partial charge >= 0.3 is 0 Å². The Balaban J connectivity index is 3.65. The van der Waals surface area contributed by atoms with Crippen molar-refractivity contribution in [3.63, 3.8) is 0 Å². The molecular weight excluding hydrogens is 188 g/mol. The van der Waals surface area contributed by atoms with Gasteiger partial charge in [-0.1, -0.05) is 30.9 Å². The third-order valence-electron chi connectivity index (χ3n) is 1.42. The second kappa shape index (κ2) is 7.58. The Kier molecular flexibility index (Phi) is 7.54. The number of hydrogen-bond acceptors (Lipinski definition) is 1. The SMILES string of the molecule is CCCCC#CS/C(C)=C(\C)Cl. The van der Waals surface area contributed by atoms with E-state index in [0.29, 0.717) is 0 Å². The van der Waals surface area contributed by atoms with E-state index in [1.54, 1.807) is 0 Å². The molecule has 0 fully saturated rings. The lowest BCUT2D eigenvalue weighted by atomic mass is 10.3. The van der Waals surface area contributed by atoms with E-state index in [1.165, 1.54) is 24.6 Å². The molecule has 0 aliphatic heterocycles.